The number of thioether (sulfide) groups is 1. The zero-order chi connectivity index (χ0) is 19.9. The van der Waals surface area contributed by atoms with E-state index in [4.69, 9.17) is 11.6 Å². The Bertz CT molecular complexity index is 979. The number of benzene rings is 2. The van der Waals surface area contributed by atoms with Crippen LogP contribution < -0.4 is 15.6 Å². The van der Waals surface area contributed by atoms with E-state index in [0.29, 0.717) is 15.3 Å². The quantitative estimate of drug-likeness (QED) is 0.291. The van der Waals surface area contributed by atoms with Crippen molar-refractivity contribution in [2.24, 2.45) is 0 Å². The number of hydrogen-bond acceptors (Lipinski definition) is 4. The molecule has 3 aromatic rings. The normalized spacial score (nSPS) is 10.3. The predicted octanol–water partition coefficient (Wildman–Crippen LogP) is 3.34. The summed E-state index contributed by atoms with van der Waals surface area (Å²) < 4.78 is 0.511. The maximum Gasteiger partial charge on any atom is 0.275 e. The number of amides is 2. The monoisotopic (exact) mass is 413 g/mol. The topological polar surface area (TPSA) is 85.1 Å². The molecule has 1 aromatic heterocycles. The molecule has 6 nitrogen and oxygen atoms in total. The molecule has 3 rings (SSSR count). The number of carbonyl (C=O) groups is 2. The van der Waals surface area contributed by atoms with E-state index in [1.807, 2.05) is 36.4 Å². The van der Waals surface area contributed by atoms with Crippen LogP contribution in [0.3, 0.4) is 0 Å². The van der Waals surface area contributed by atoms with E-state index in [1.54, 1.807) is 23.9 Å². The van der Waals surface area contributed by atoms with Crippen molar-refractivity contribution >= 4 is 35.2 Å². The molecule has 142 valence electrons. The van der Waals surface area contributed by atoms with E-state index in [0.717, 1.165) is 22.4 Å². The lowest BCUT2D eigenvalue weighted by Crippen LogP contribution is -2.42. The minimum Gasteiger partial charge on any atom is -0.619 e. The van der Waals surface area contributed by atoms with E-state index >= 15 is 0 Å². The maximum atomic E-state index is 12.2. The summed E-state index contributed by atoms with van der Waals surface area (Å²) >= 11 is 7.54. The number of hydrazine groups is 1. The van der Waals surface area contributed by atoms with Gasteiger partial charge in [0.2, 0.25) is 0 Å². The largest absolute Gasteiger partial charge is 0.619 e. The third-order valence-corrected chi connectivity index (χ3v) is 5.10. The molecule has 0 aliphatic carbocycles. The van der Waals surface area contributed by atoms with Gasteiger partial charge in [0.05, 0.1) is 0 Å². The van der Waals surface area contributed by atoms with Gasteiger partial charge in [0.15, 0.2) is 12.4 Å². The molecular formula is C20H16ClN3O3S. The third-order valence-electron chi connectivity index (χ3n) is 3.76. The fourth-order valence-electron chi connectivity index (χ4n) is 2.30. The van der Waals surface area contributed by atoms with E-state index in [-0.39, 0.29) is 5.56 Å². The van der Waals surface area contributed by atoms with Gasteiger partial charge in [-0.2, -0.15) is 4.73 Å². The first-order valence-corrected chi connectivity index (χ1v) is 9.64. The lowest BCUT2D eigenvalue weighted by molar-refractivity contribution is -0.605. The number of rotatable bonds is 5. The van der Waals surface area contributed by atoms with Gasteiger partial charge in [-0.3, -0.25) is 20.4 Å². The molecule has 2 N–H and O–H groups in total. The van der Waals surface area contributed by atoms with Crippen LogP contribution in [0.1, 0.15) is 26.3 Å². The molecule has 28 heavy (non-hydrogen) atoms. The molecule has 0 bridgehead atoms. The summed E-state index contributed by atoms with van der Waals surface area (Å²) in [5.74, 6) is -0.269. The number of nitrogens with zero attached hydrogens (tertiary/aromatic N) is 1. The zero-order valence-corrected chi connectivity index (χ0v) is 16.2. The Morgan fingerprint density at radius 3 is 2.21 bits per heavy atom. The van der Waals surface area contributed by atoms with E-state index in [2.05, 4.69) is 10.9 Å². The maximum absolute atomic E-state index is 12.2. The number of halogens is 1. The Labute approximate surface area is 171 Å². The van der Waals surface area contributed by atoms with Gasteiger partial charge >= 0.3 is 0 Å². The molecule has 1 heterocycles. The summed E-state index contributed by atoms with van der Waals surface area (Å²) in [4.78, 5) is 25.2. The average molecular weight is 414 g/mol. The summed E-state index contributed by atoms with van der Waals surface area (Å²) in [6.45, 7) is 0. The molecule has 2 amide bonds. The lowest BCUT2D eigenvalue weighted by atomic mass is 10.1. The number of nitrogens with one attached hydrogen (secondary N) is 2. The van der Waals surface area contributed by atoms with Gasteiger partial charge in [0.1, 0.15) is 5.56 Å². The third kappa shape index (κ3) is 5.48. The van der Waals surface area contributed by atoms with Gasteiger partial charge in [0, 0.05) is 27.3 Å². The average Bonchev–Trinajstić information content (AvgIpc) is 2.71. The smallest absolute Gasteiger partial charge is 0.275 e. The van der Waals surface area contributed by atoms with Crippen molar-refractivity contribution in [3.05, 3.63) is 100.0 Å². The summed E-state index contributed by atoms with van der Waals surface area (Å²) in [6.07, 6.45) is 2.39. The minimum absolute atomic E-state index is 0.146. The highest BCUT2D eigenvalue weighted by atomic mass is 35.5. The van der Waals surface area contributed by atoms with Crippen LogP contribution in [-0.2, 0) is 5.75 Å². The van der Waals surface area contributed by atoms with Gasteiger partial charge in [-0.25, -0.2) is 0 Å². The molecule has 0 radical (unpaired) electrons. The molecular weight excluding hydrogens is 398 g/mol. The van der Waals surface area contributed by atoms with Crippen LogP contribution >= 0.6 is 23.4 Å². The van der Waals surface area contributed by atoms with Crippen LogP contribution in [0.15, 0.2) is 78.0 Å². The Hall–Kier alpha value is -3.03. The van der Waals surface area contributed by atoms with Crippen LogP contribution in [0.2, 0.25) is 5.02 Å². The van der Waals surface area contributed by atoms with Gasteiger partial charge < -0.3 is 5.21 Å². The van der Waals surface area contributed by atoms with Gasteiger partial charge in [0.25, 0.3) is 11.8 Å². The first-order chi connectivity index (χ1) is 13.5. The second kappa shape index (κ2) is 9.25. The molecule has 0 saturated carbocycles. The lowest BCUT2D eigenvalue weighted by Gasteiger charge is -2.08. The van der Waals surface area contributed by atoms with E-state index < -0.39 is 11.8 Å². The first kappa shape index (κ1) is 19.7. The molecule has 0 saturated heterocycles. The molecule has 0 atom stereocenters. The number of hydrogen-bond donors (Lipinski definition) is 2. The number of carbonyl (C=O) groups excluding carboxylic acids is 2. The van der Waals surface area contributed by atoms with E-state index in [1.165, 1.54) is 18.3 Å². The van der Waals surface area contributed by atoms with Crippen molar-refractivity contribution in [1.29, 1.82) is 0 Å². The van der Waals surface area contributed by atoms with Gasteiger partial charge in [-0.1, -0.05) is 23.7 Å². The fraction of sp³-hybridized carbons (Fsp3) is 0.0500. The molecule has 0 fully saturated rings. The number of aromatic nitrogens is 1. The van der Waals surface area contributed by atoms with Crippen LogP contribution in [0.4, 0.5) is 0 Å². The van der Waals surface area contributed by atoms with Crippen LogP contribution in [0, 0.1) is 5.21 Å². The fourth-order valence-corrected chi connectivity index (χ4v) is 3.28. The van der Waals surface area contributed by atoms with Crippen molar-refractivity contribution in [2.75, 3.05) is 0 Å². The first-order valence-electron chi connectivity index (χ1n) is 8.28. The highest BCUT2D eigenvalue weighted by molar-refractivity contribution is 7.98. The summed E-state index contributed by atoms with van der Waals surface area (Å²) in [5, 5.41) is 11.9. The van der Waals surface area contributed by atoms with Crippen molar-refractivity contribution in [2.45, 2.75) is 10.6 Å². The van der Waals surface area contributed by atoms with Crippen LogP contribution in [0.5, 0.6) is 0 Å². The molecule has 0 unspecified atom stereocenters. The molecule has 0 aliphatic rings. The van der Waals surface area contributed by atoms with Crippen molar-refractivity contribution in [1.82, 2.24) is 10.9 Å². The molecule has 0 spiro atoms. The Morgan fingerprint density at radius 1 is 0.929 bits per heavy atom. The van der Waals surface area contributed by atoms with Crippen molar-refractivity contribution in [3.8, 4) is 0 Å². The predicted molar refractivity (Wildman–Crippen MR) is 108 cm³/mol. The van der Waals surface area contributed by atoms with E-state index in [9.17, 15) is 14.8 Å². The van der Waals surface area contributed by atoms with Crippen LogP contribution in [-0.4, -0.2) is 11.8 Å². The molecule has 8 heteroatoms. The highest BCUT2D eigenvalue weighted by Crippen LogP contribution is 2.24. The zero-order valence-electron chi connectivity index (χ0n) is 14.6. The van der Waals surface area contributed by atoms with Crippen molar-refractivity contribution in [3.63, 3.8) is 0 Å². The number of pyridine rings is 1. The standard InChI is InChI=1S/C20H16ClN3O3S/c21-17-7-9-18(10-8-17)28-13-14-3-5-15(6-4-14)19(25)22-23-20(26)16-2-1-11-24(27)12-16/h1-12H,13H2,(H,22,25)(H,23,26). The Balaban J connectivity index is 1.51. The molecule has 2 aromatic carbocycles. The SMILES string of the molecule is O=C(NNC(=O)c1ccc[n+]([O-])c1)c1ccc(CSc2ccc(Cl)cc2)cc1. The summed E-state index contributed by atoms with van der Waals surface area (Å²) in [6, 6.07) is 17.6. The van der Waals surface area contributed by atoms with Gasteiger partial charge in [-0.05, 0) is 48.0 Å². The summed E-state index contributed by atoms with van der Waals surface area (Å²) in [7, 11) is 0. The Kier molecular flexibility index (Phi) is 6.52. The van der Waals surface area contributed by atoms with Crippen LogP contribution in [0.25, 0.3) is 0 Å². The highest BCUT2D eigenvalue weighted by Gasteiger charge is 2.11. The molecule has 0 aliphatic heterocycles. The second-order valence-electron chi connectivity index (χ2n) is 5.80. The Morgan fingerprint density at radius 2 is 1.57 bits per heavy atom. The summed E-state index contributed by atoms with van der Waals surface area (Å²) in [5.41, 5.74) is 6.23. The van der Waals surface area contributed by atoms with Gasteiger partial charge in [-0.15, -0.1) is 11.8 Å². The van der Waals surface area contributed by atoms with Crippen molar-refractivity contribution < 1.29 is 14.3 Å². The second-order valence-corrected chi connectivity index (χ2v) is 7.29. The minimum atomic E-state index is -0.575.